The van der Waals surface area contributed by atoms with Crippen LogP contribution in [-0.4, -0.2) is 33.1 Å². The zero-order valence-corrected chi connectivity index (χ0v) is 16.6. The number of benzene rings is 1. The molecule has 1 aliphatic carbocycles. The number of aromatic nitrogens is 4. The molecule has 8 heteroatoms. The van der Waals surface area contributed by atoms with Crippen molar-refractivity contribution >= 4 is 29.2 Å². The minimum absolute atomic E-state index is 0.0431. The third-order valence-electron chi connectivity index (χ3n) is 4.85. The molecule has 4 rings (SSSR count). The molecule has 0 unspecified atom stereocenters. The van der Waals surface area contributed by atoms with E-state index in [1.54, 1.807) is 7.05 Å². The van der Waals surface area contributed by atoms with E-state index in [1.165, 1.54) is 18.5 Å². The Morgan fingerprint density at radius 1 is 1.10 bits per heavy atom. The summed E-state index contributed by atoms with van der Waals surface area (Å²) >= 11 is 0. The van der Waals surface area contributed by atoms with Gasteiger partial charge in [0.15, 0.2) is 5.82 Å². The van der Waals surface area contributed by atoms with Crippen LogP contribution in [0.1, 0.15) is 42.1 Å². The molecule has 150 valence electrons. The van der Waals surface area contributed by atoms with E-state index in [1.807, 2.05) is 43.3 Å². The molecule has 29 heavy (non-hydrogen) atoms. The molecule has 0 atom stereocenters. The van der Waals surface area contributed by atoms with Gasteiger partial charge in [-0.15, -0.1) is 0 Å². The first-order valence-electron chi connectivity index (χ1n) is 9.83. The Labute approximate surface area is 169 Å². The predicted molar refractivity (Wildman–Crippen MR) is 113 cm³/mol. The van der Waals surface area contributed by atoms with Crippen LogP contribution in [0.25, 0.3) is 0 Å². The second-order valence-corrected chi connectivity index (χ2v) is 7.32. The summed E-state index contributed by atoms with van der Waals surface area (Å²) in [6.07, 6.45) is 3.65. The minimum Gasteiger partial charge on any atom is -0.359 e. The highest BCUT2D eigenvalue weighted by Gasteiger charge is 2.25. The lowest BCUT2D eigenvalue weighted by Gasteiger charge is -2.09. The molecule has 0 saturated heterocycles. The van der Waals surface area contributed by atoms with E-state index in [-0.39, 0.29) is 5.91 Å². The average molecular weight is 391 g/mol. The number of nitrogens with one attached hydrogen (secondary N) is 4. The van der Waals surface area contributed by atoms with Crippen molar-refractivity contribution in [1.82, 2.24) is 25.5 Å². The zero-order chi connectivity index (χ0) is 20.2. The summed E-state index contributed by atoms with van der Waals surface area (Å²) in [7, 11) is 1.65. The first kappa shape index (κ1) is 18.9. The fourth-order valence-electron chi connectivity index (χ4n) is 3.09. The number of carbonyl (C=O) groups excluding carboxylic acids is 1. The van der Waals surface area contributed by atoms with E-state index >= 15 is 0 Å². The highest BCUT2D eigenvalue weighted by Crippen LogP contribution is 2.39. The molecule has 2 aromatic heterocycles. The number of aromatic amines is 1. The first-order chi connectivity index (χ1) is 14.1. The summed E-state index contributed by atoms with van der Waals surface area (Å²) in [5.41, 5.74) is 4.02. The molecule has 1 amide bonds. The third kappa shape index (κ3) is 5.10. The van der Waals surface area contributed by atoms with Gasteiger partial charge in [0.25, 0.3) is 0 Å². The van der Waals surface area contributed by atoms with Crippen molar-refractivity contribution in [1.29, 1.82) is 0 Å². The second kappa shape index (κ2) is 8.30. The number of nitrogens with zero attached hydrogens (tertiary/aromatic N) is 3. The molecule has 1 aliphatic rings. The van der Waals surface area contributed by atoms with E-state index in [2.05, 4.69) is 36.1 Å². The lowest BCUT2D eigenvalue weighted by atomic mass is 10.1. The monoisotopic (exact) mass is 391 g/mol. The summed E-state index contributed by atoms with van der Waals surface area (Å²) in [5, 5.41) is 16.5. The predicted octanol–water partition coefficient (Wildman–Crippen LogP) is 3.55. The van der Waals surface area contributed by atoms with Crippen molar-refractivity contribution < 1.29 is 4.79 Å². The van der Waals surface area contributed by atoms with Crippen molar-refractivity contribution in [3.8, 4) is 0 Å². The van der Waals surface area contributed by atoms with Crippen LogP contribution in [0.2, 0.25) is 0 Å². The van der Waals surface area contributed by atoms with Crippen molar-refractivity contribution in [3.05, 3.63) is 53.3 Å². The van der Waals surface area contributed by atoms with Gasteiger partial charge < -0.3 is 16.0 Å². The van der Waals surface area contributed by atoms with Crippen LogP contribution in [0, 0.1) is 6.92 Å². The van der Waals surface area contributed by atoms with Gasteiger partial charge in [-0.1, -0.05) is 12.1 Å². The van der Waals surface area contributed by atoms with Crippen LogP contribution in [-0.2, 0) is 11.2 Å². The van der Waals surface area contributed by atoms with Gasteiger partial charge >= 0.3 is 0 Å². The summed E-state index contributed by atoms with van der Waals surface area (Å²) in [6, 6.07) is 11.9. The van der Waals surface area contributed by atoms with E-state index in [0.717, 1.165) is 22.8 Å². The highest BCUT2D eigenvalue weighted by atomic mass is 16.1. The topological polar surface area (TPSA) is 108 Å². The number of rotatable bonds is 8. The van der Waals surface area contributed by atoms with E-state index in [0.29, 0.717) is 30.5 Å². The van der Waals surface area contributed by atoms with Gasteiger partial charge in [-0.3, -0.25) is 9.89 Å². The van der Waals surface area contributed by atoms with Gasteiger partial charge in [0.05, 0.1) is 0 Å². The molecule has 1 aromatic carbocycles. The number of hydrogen-bond acceptors (Lipinski definition) is 6. The Bertz CT molecular complexity index is 993. The van der Waals surface area contributed by atoms with Crippen molar-refractivity contribution in [3.63, 3.8) is 0 Å². The molecule has 0 spiro atoms. The van der Waals surface area contributed by atoms with Gasteiger partial charge in [0.1, 0.15) is 5.82 Å². The minimum atomic E-state index is 0.0431. The highest BCUT2D eigenvalue weighted by molar-refractivity contribution is 5.75. The smallest absolute Gasteiger partial charge is 0.229 e. The maximum Gasteiger partial charge on any atom is 0.229 e. The first-order valence-corrected chi connectivity index (χ1v) is 9.83. The van der Waals surface area contributed by atoms with Crippen LogP contribution in [0.4, 0.5) is 23.3 Å². The molecule has 3 aromatic rings. The molecule has 0 radical (unpaired) electrons. The summed E-state index contributed by atoms with van der Waals surface area (Å²) in [4.78, 5) is 20.4. The maximum atomic E-state index is 11.4. The second-order valence-electron chi connectivity index (χ2n) is 7.32. The van der Waals surface area contributed by atoms with Crippen molar-refractivity contribution in [2.24, 2.45) is 0 Å². The summed E-state index contributed by atoms with van der Waals surface area (Å²) in [6.45, 7) is 1.93. The molecular formula is C21H25N7O. The Balaban J connectivity index is 1.41. The normalized spacial score (nSPS) is 13.2. The lowest BCUT2D eigenvalue weighted by molar-refractivity contribution is -0.120. The molecule has 1 fully saturated rings. The summed E-state index contributed by atoms with van der Waals surface area (Å²) in [5.74, 6) is 2.64. The Hall–Kier alpha value is -3.42. The molecule has 0 aliphatic heterocycles. The lowest BCUT2D eigenvalue weighted by Crippen LogP contribution is -2.17. The number of H-pyrrole nitrogens is 1. The molecule has 8 nitrogen and oxygen atoms in total. The van der Waals surface area contributed by atoms with Gasteiger partial charge in [-0.25, -0.2) is 4.98 Å². The number of carbonyl (C=O) groups is 1. The molecule has 1 saturated carbocycles. The standard InChI is InChI=1S/C21H25N7O/c1-13-11-18(25-19-12-17(27-28-19)15-6-7-15)26-21(23-13)24-16-8-3-14(4-9-16)5-10-20(29)22-2/h3-4,8-9,11-12,15H,5-7,10H2,1-2H3,(H,22,29)(H3,23,24,25,26,27,28). The van der Waals surface area contributed by atoms with E-state index < -0.39 is 0 Å². The Morgan fingerprint density at radius 2 is 1.90 bits per heavy atom. The van der Waals surface area contributed by atoms with Crippen molar-refractivity contribution in [2.45, 2.75) is 38.5 Å². The van der Waals surface area contributed by atoms with Crippen LogP contribution in [0.5, 0.6) is 0 Å². The fourth-order valence-corrected chi connectivity index (χ4v) is 3.09. The summed E-state index contributed by atoms with van der Waals surface area (Å²) < 4.78 is 0. The van der Waals surface area contributed by atoms with Crippen molar-refractivity contribution in [2.75, 3.05) is 17.7 Å². The Kier molecular flexibility index (Phi) is 5.41. The Morgan fingerprint density at radius 3 is 2.62 bits per heavy atom. The van der Waals surface area contributed by atoms with Crippen LogP contribution >= 0.6 is 0 Å². The number of hydrogen-bond donors (Lipinski definition) is 4. The van der Waals surface area contributed by atoms with E-state index in [9.17, 15) is 4.79 Å². The molecular weight excluding hydrogens is 366 g/mol. The fraction of sp³-hybridized carbons (Fsp3) is 0.333. The van der Waals surface area contributed by atoms with Gasteiger partial charge in [-0.2, -0.15) is 10.1 Å². The maximum absolute atomic E-state index is 11.4. The zero-order valence-electron chi connectivity index (χ0n) is 16.6. The quantitative estimate of drug-likeness (QED) is 0.468. The van der Waals surface area contributed by atoms with Crippen LogP contribution in [0.3, 0.4) is 0 Å². The SMILES string of the molecule is CNC(=O)CCc1ccc(Nc2nc(C)cc(Nc3cc(C4CC4)[nH]n3)n2)cc1. The molecule has 2 heterocycles. The average Bonchev–Trinajstić information content (AvgIpc) is 3.46. The molecule has 4 N–H and O–H groups in total. The number of anilines is 4. The number of amides is 1. The molecule has 0 bridgehead atoms. The van der Waals surface area contributed by atoms with E-state index in [4.69, 9.17) is 0 Å². The van der Waals surface area contributed by atoms with Gasteiger partial charge in [-0.05, 0) is 43.9 Å². The largest absolute Gasteiger partial charge is 0.359 e. The third-order valence-corrected chi connectivity index (χ3v) is 4.85. The van der Waals surface area contributed by atoms with Gasteiger partial charge in [0.2, 0.25) is 11.9 Å². The van der Waals surface area contributed by atoms with Gasteiger partial charge in [0, 0.05) is 48.6 Å². The van der Waals surface area contributed by atoms with Crippen LogP contribution in [0.15, 0.2) is 36.4 Å². The van der Waals surface area contributed by atoms with Crippen LogP contribution < -0.4 is 16.0 Å². The number of aryl methyl sites for hydroxylation is 2.